The first-order valence-electron chi connectivity index (χ1n) is 10.4. The summed E-state index contributed by atoms with van der Waals surface area (Å²) in [6.45, 7) is 4.60. The van der Waals surface area contributed by atoms with Crippen LogP contribution in [0.4, 0.5) is 11.4 Å². The topological polar surface area (TPSA) is 105 Å². The fourth-order valence-electron chi connectivity index (χ4n) is 3.27. The van der Waals surface area contributed by atoms with Crippen LogP contribution in [-0.4, -0.2) is 52.8 Å². The van der Waals surface area contributed by atoms with E-state index >= 15 is 0 Å². The zero-order valence-corrected chi connectivity index (χ0v) is 19.7. The minimum absolute atomic E-state index is 0.248. The van der Waals surface area contributed by atoms with Crippen LogP contribution in [-0.2, 0) is 19.6 Å². The Kier molecular flexibility index (Phi) is 9.22. The molecule has 9 heteroatoms. The Labute approximate surface area is 190 Å². The summed E-state index contributed by atoms with van der Waals surface area (Å²) in [6, 6.07) is 12.6. The van der Waals surface area contributed by atoms with Crippen molar-refractivity contribution < 1.29 is 22.7 Å². The smallest absolute Gasteiger partial charge is 0.253 e. The zero-order chi connectivity index (χ0) is 23.7. The second-order valence-corrected chi connectivity index (χ2v) is 9.31. The van der Waals surface area contributed by atoms with Gasteiger partial charge in [-0.25, -0.2) is 8.42 Å². The van der Waals surface area contributed by atoms with E-state index in [9.17, 15) is 18.0 Å². The summed E-state index contributed by atoms with van der Waals surface area (Å²) < 4.78 is 31.3. The van der Waals surface area contributed by atoms with Gasteiger partial charge in [0.15, 0.2) is 0 Å². The molecule has 174 valence electrons. The monoisotopic (exact) mass is 461 g/mol. The Hall–Kier alpha value is -2.91. The van der Waals surface area contributed by atoms with Gasteiger partial charge in [-0.2, -0.15) is 0 Å². The highest BCUT2D eigenvalue weighted by Crippen LogP contribution is 2.24. The molecule has 2 aromatic carbocycles. The number of sulfonamides is 1. The average Bonchev–Trinajstić information content (AvgIpc) is 2.75. The van der Waals surface area contributed by atoms with E-state index in [1.165, 1.54) is 0 Å². The number of nitrogens with one attached hydrogen (secondary N) is 2. The number of carbonyl (C=O) groups is 2. The minimum Gasteiger partial charge on any atom is -0.385 e. The van der Waals surface area contributed by atoms with E-state index in [2.05, 4.69) is 10.6 Å². The van der Waals surface area contributed by atoms with Crippen LogP contribution in [0.15, 0.2) is 48.5 Å². The van der Waals surface area contributed by atoms with Crippen molar-refractivity contribution in [3.63, 3.8) is 0 Å². The largest absolute Gasteiger partial charge is 0.385 e. The van der Waals surface area contributed by atoms with Crippen LogP contribution in [0.2, 0.25) is 0 Å². The quantitative estimate of drug-likeness (QED) is 0.501. The Bertz CT molecular complexity index is 1020. The van der Waals surface area contributed by atoms with Crippen LogP contribution in [0.25, 0.3) is 0 Å². The summed E-state index contributed by atoms with van der Waals surface area (Å²) in [5.74, 6) is -0.846. The van der Waals surface area contributed by atoms with Crippen LogP contribution >= 0.6 is 0 Å². The number of benzene rings is 2. The molecule has 2 amide bonds. The lowest BCUT2D eigenvalue weighted by molar-refractivity contribution is -0.117. The van der Waals surface area contributed by atoms with E-state index in [0.29, 0.717) is 36.5 Å². The predicted molar refractivity (Wildman–Crippen MR) is 126 cm³/mol. The third kappa shape index (κ3) is 6.80. The maximum atomic E-state index is 13.2. The highest BCUT2D eigenvalue weighted by molar-refractivity contribution is 7.92. The molecule has 1 atom stereocenters. The Morgan fingerprint density at radius 3 is 2.34 bits per heavy atom. The lowest BCUT2D eigenvalue weighted by Gasteiger charge is -2.30. The number of carbonyl (C=O) groups excluding carboxylic acids is 2. The minimum atomic E-state index is -3.74. The second-order valence-electron chi connectivity index (χ2n) is 7.46. The molecule has 0 aromatic heterocycles. The Morgan fingerprint density at radius 2 is 1.75 bits per heavy atom. The van der Waals surface area contributed by atoms with Crippen LogP contribution in [0.1, 0.15) is 35.7 Å². The van der Waals surface area contributed by atoms with Crippen molar-refractivity contribution in [2.75, 3.05) is 36.1 Å². The molecule has 0 unspecified atom stereocenters. The number of aryl methyl sites for hydroxylation is 1. The summed E-state index contributed by atoms with van der Waals surface area (Å²) in [6.07, 6.45) is 1.98. The van der Waals surface area contributed by atoms with E-state index in [-0.39, 0.29) is 12.3 Å². The van der Waals surface area contributed by atoms with E-state index in [1.807, 2.05) is 6.92 Å². The van der Waals surface area contributed by atoms with Crippen LogP contribution in [0.5, 0.6) is 0 Å². The molecule has 0 heterocycles. The van der Waals surface area contributed by atoms with Crippen LogP contribution in [0.3, 0.4) is 0 Å². The number of amides is 2. The Balaban J connectivity index is 2.27. The lowest BCUT2D eigenvalue weighted by atomic mass is 10.1. The SMILES string of the molecule is CC[C@@H](C(=O)Nc1ccccc1C(=O)NCCCOC)N(c1ccc(C)cc1)S(C)(=O)=O. The summed E-state index contributed by atoms with van der Waals surface area (Å²) in [7, 11) is -2.15. The maximum Gasteiger partial charge on any atom is 0.253 e. The number of hydrogen-bond donors (Lipinski definition) is 2. The van der Waals surface area contributed by atoms with E-state index < -0.39 is 22.0 Å². The van der Waals surface area contributed by atoms with Gasteiger partial charge in [-0.05, 0) is 44.0 Å². The van der Waals surface area contributed by atoms with Crippen molar-refractivity contribution >= 4 is 33.2 Å². The van der Waals surface area contributed by atoms with Gasteiger partial charge in [-0.1, -0.05) is 36.8 Å². The van der Waals surface area contributed by atoms with E-state index in [1.54, 1.807) is 62.6 Å². The number of nitrogens with zero attached hydrogens (tertiary/aromatic N) is 1. The first-order chi connectivity index (χ1) is 15.2. The average molecular weight is 462 g/mol. The first kappa shape index (κ1) is 25.4. The number of anilines is 2. The number of ether oxygens (including phenoxy) is 1. The second kappa shape index (κ2) is 11.6. The van der Waals surface area contributed by atoms with Crippen LogP contribution in [0, 0.1) is 6.92 Å². The number of rotatable bonds is 11. The molecule has 0 aliphatic carbocycles. The van der Waals surface area contributed by atoms with Crippen molar-refractivity contribution in [1.82, 2.24) is 5.32 Å². The third-order valence-corrected chi connectivity index (χ3v) is 6.04. The first-order valence-corrected chi connectivity index (χ1v) is 12.3. The molecule has 0 spiro atoms. The molecule has 0 aliphatic rings. The van der Waals surface area contributed by atoms with Crippen molar-refractivity contribution in [2.45, 2.75) is 32.7 Å². The Morgan fingerprint density at radius 1 is 1.09 bits per heavy atom. The summed E-state index contributed by atoms with van der Waals surface area (Å²) in [5, 5.41) is 5.54. The number of methoxy groups -OCH3 is 1. The molecule has 2 aromatic rings. The van der Waals surface area contributed by atoms with Crippen molar-refractivity contribution in [3.05, 3.63) is 59.7 Å². The molecule has 0 saturated carbocycles. The van der Waals surface area contributed by atoms with Crippen molar-refractivity contribution in [3.8, 4) is 0 Å². The van der Waals surface area contributed by atoms with Gasteiger partial charge >= 0.3 is 0 Å². The summed E-state index contributed by atoms with van der Waals surface area (Å²) >= 11 is 0. The summed E-state index contributed by atoms with van der Waals surface area (Å²) in [4.78, 5) is 25.8. The molecule has 0 fully saturated rings. The fourth-order valence-corrected chi connectivity index (χ4v) is 4.48. The van der Waals surface area contributed by atoms with Gasteiger partial charge in [0, 0.05) is 20.3 Å². The zero-order valence-electron chi connectivity index (χ0n) is 18.9. The van der Waals surface area contributed by atoms with Crippen molar-refractivity contribution in [2.24, 2.45) is 0 Å². The highest BCUT2D eigenvalue weighted by Gasteiger charge is 2.32. The molecule has 0 saturated heterocycles. The fraction of sp³-hybridized carbons (Fsp3) is 0.391. The molecular formula is C23H31N3O5S. The standard InChI is InChI=1S/C23H31N3O5S/c1-5-21(26(32(4,29)30)18-13-11-17(2)12-14-18)23(28)25-20-10-7-6-9-19(20)22(27)24-15-8-16-31-3/h6-7,9-14,21H,5,8,15-16H2,1-4H3,(H,24,27)(H,25,28)/t21-/m0/s1. The summed E-state index contributed by atoms with van der Waals surface area (Å²) in [5.41, 5.74) is 2.00. The molecule has 0 radical (unpaired) electrons. The van der Waals surface area contributed by atoms with Gasteiger partial charge in [0.2, 0.25) is 15.9 Å². The van der Waals surface area contributed by atoms with Gasteiger partial charge in [0.1, 0.15) is 6.04 Å². The molecule has 8 nitrogen and oxygen atoms in total. The maximum absolute atomic E-state index is 13.2. The number of hydrogen-bond acceptors (Lipinski definition) is 5. The van der Waals surface area contributed by atoms with Gasteiger partial charge in [0.25, 0.3) is 5.91 Å². The van der Waals surface area contributed by atoms with Gasteiger partial charge < -0.3 is 15.4 Å². The van der Waals surface area contributed by atoms with E-state index in [0.717, 1.165) is 16.1 Å². The van der Waals surface area contributed by atoms with Crippen LogP contribution < -0.4 is 14.9 Å². The normalized spacial score (nSPS) is 12.1. The van der Waals surface area contributed by atoms with Gasteiger partial charge in [-0.15, -0.1) is 0 Å². The molecule has 32 heavy (non-hydrogen) atoms. The molecular weight excluding hydrogens is 430 g/mol. The van der Waals surface area contributed by atoms with E-state index in [4.69, 9.17) is 4.74 Å². The molecule has 0 aliphatic heterocycles. The van der Waals surface area contributed by atoms with Gasteiger partial charge in [0.05, 0.1) is 23.2 Å². The molecule has 2 rings (SSSR count). The molecule has 0 bridgehead atoms. The van der Waals surface area contributed by atoms with Crippen molar-refractivity contribution in [1.29, 1.82) is 0 Å². The molecule has 2 N–H and O–H groups in total. The third-order valence-electron chi connectivity index (χ3n) is 4.86. The highest BCUT2D eigenvalue weighted by atomic mass is 32.2. The lowest BCUT2D eigenvalue weighted by Crippen LogP contribution is -2.47. The predicted octanol–water partition coefficient (Wildman–Crippen LogP) is 2.94. The van der Waals surface area contributed by atoms with Gasteiger partial charge in [-0.3, -0.25) is 13.9 Å². The number of para-hydroxylation sites is 1.